The Balaban J connectivity index is 2.12. The summed E-state index contributed by atoms with van der Waals surface area (Å²) in [6, 6.07) is 4.45. The molecule has 0 saturated carbocycles. The molecule has 0 atom stereocenters. The van der Waals surface area contributed by atoms with E-state index in [4.69, 9.17) is 4.74 Å². The molecule has 0 spiro atoms. The monoisotopic (exact) mass is 266 g/mol. The molecule has 1 aromatic heterocycles. The van der Waals surface area contributed by atoms with Crippen molar-refractivity contribution < 1.29 is 4.74 Å². The van der Waals surface area contributed by atoms with Crippen LogP contribution in [0.5, 0.6) is 0 Å². The molecule has 100 valence electrons. The molecule has 0 aliphatic carbocycles. The summed E-state index contributed by atoms with van der Waals surface area (Å²) in [6.07, 6.45) is 7.63. The number of piperidine rings is 1. The van der Waals surface area contributed by atoms with Crippen LogP contribution in [0.15, 0.2) is 30.0 Å². The van der Waals surface area contributed by atoms with E-state index in [0.717, 1.165) is 6.54 Å². The minimum Gasteiger partial charge on any atom is -0.500 e. The molecule has 2 heterocycles. The number of hydrogen-bond acceptors (Lipinski definition) is 3. The molecule has 2 rings (SSSR count). The van der Waals surface area contributed by atoms with Crippen LogP contribution >= 0.6 is 11.8 Å². The van der Waals surface area contributed by atoms with Gasteiger partial charge in [0.05, 0.1) is 17.8 Å². The Hall–Kier alpha value is -1.03. The number of anilines is 1. The molecule has 0 bridgehead atoms. The van der Waals surface area contributed by atoms with E-state index in [2.05, 4.69) is 34.4 Å². The Labute approximate surface area is 114 Å². The van der Waals surface area contributed by atoms with Crippen molar-refractivity contribution in [3.8, 4) is 0 Å². The lowest BCUT2D eigenvalue weighted by molar-refractivity contribution is 0.233. The Morgan fingerprint density at radius 1 is 1.33 bits per heavy atom. The van der Waals surface area contributed by atoms with Crippen molar-refractivity contribution in [1.82, 2.24) is 4.57 Å². The number of hydrogen-bond donors (Lipinski definition) is 0. The van der Waals surface area contributed by atoms with Gasteiger partial charge >= 0.3 is 0 Å². The molecule has 0 unspecified atom stereocenters. The number of aromatic nitrogens is 1. The average Bonchev–Trinajstić information content (AvgIpc) is 2.83. The third-order valence-corrected chi connectivity index (χ3v) is 4.13. The maximum absolute atomic E-state index is 5.26. The van der Waals surface area contributed by atoms with Crippen molar-refractivity contribution in [2.45, 2.75) is 30.8 Å². The minimum absolute atomic E-state index is 0.687. The van der Waals surface area contributed by atoms with E-state index in [1.807, 2.05) is 0 Å². The Bertz CT molecular complexity index is 383. The second-order valence-electron chi connectivity index (χ2n) is 4.47. The normalized spacial score (nSPS) is 15.7. The van der Waals surface area contributed by atoms with E-state index in [1.54, 1.807) is 11.8 Å². The number of thioether (sulfide) groups is 1. The molecule has 1 fully saturated rings. The molecule has 3 nitrogen and oxygen atoms in total. The highest BCUT2D eigenvalue weighted by Gasteiger charge is 2.16. The molecule has 1 aliphatic heterocycles. The first-order chi connectivity index (χ1) is 8.86. The topological polar surface area (TPSA) is 17.4 Å². The fourth-order valence-corrected chi connectivity index (χ4v) is 3.08. The summed E-state index contributed by atoms with van der Waals surface area (Å²) >= 11 is 1.79. The zero-order chi connectivity index (χ0) is 12.8. The van der Waals surface area contributed by atoms with Crippen molar-refractivity contribution in [3.05, 3.63) is 25.0 Å². The van der Waals surface area contributed by atoms with E-state index in [0.29, 0.717) is 6.61 Å². The zero-order valence-corrected chi connectivity index (χ0v) is 11.9. The summed E-state index contributed by atoms with van der Waals surface area (Å²) in [6.45, 7) is 7.53. The quantitative estimate of drug-likeness (QED) is 0.446. The summed E-state index contributed by atoms with van der Waals surface area (Å²) < 4.78 is 7.62. The largest absolute Gasteiger partial charge is 0.500 e. The van der Waals surface area contributed by atoms with Crippen molar-refractivity contribution >= 4 is 17.6 Å². The van der Waals surface area contributed by atoms with Crippen LogP contribution in [-0.4, -0.2) is 30.5 Å². The van der Waals surface area contributed by atoms with Crippen LogP contribution in [-0.2, 0) is 11.3 Å². The van der Waals surface area contributed by atoms with Crippen LogP contribution in [0.1, 0.15) is 19.3 Å². The second-order valence-corrected chi connectivity index (χ2v) is 5.30. The number of nitrogens with zero attached hydrogens (tertiary/aromatic N) is 2. The third kappa shape index (κ3) is 3.05. The van der Waals surface area contributed by atoms with Gasteiger partial charge in [-0.3, -0.25) is 0 Å². The van der Waals surface area contributed by atoms with Gasteiger partial charge in [0.2, 0.25) is 0 Å². The molecule has 1 aromatic rings. The zero-order valence-electron chi connectivity index (χ0n) is 11.1. The second kappa shape index (κ2) is 6.78. The molecular formula is C14H22N2OS. The Kier molecular flexibility index (Phi) is 5.05. The van der Waals surface area contributed by atoms with Crippen molar-refractivity contribution in [2.24, 2.45) is 0 Å². The highest BCUT2D eigenvalue weighted by Crippen LogP contribution is 2.27. The highest BCUT2D eigenvalue weighted by molar-refractivity contribution is 7.98. The van der Waals surface area contributed by atoms with E-state index in [1.165, 1.54) is 49.5 Å². The van der Waals surface area contributed by atoms with Gasteiger partial charge in [-0.25, -0.2) is 0 Å². The summed E-state index contributed by atoms with van der Waals surface area (Å²) in [5.74, 6) is 1.34. The van der Waals surface area contributed by atoms with Crippen molar-refractivity contribution in [1.29, 1.82) is 0 Å². The molecule has 4 heteroatoms. The van der Waals surface area contributed by atoms with Gasteiger partial charge in [-0.1, -0.05) is 6.58 Å². The minimum atomic E-state index is 0.687. The standard InChI is InChI=1S/C14H22N2OS/c1-3-17-12-11-16-13(7-8-14(16)18-2)15-9-5-4-6-10-15/h3,7-8H,1,4-6,9-12H2,2H3. The van der Waals surface area contributed by atoms with Gasteiger partial charge in [0, 0.05) is 13.1 Å². The SMILES string of the molecule is C=COCCn1c(SC)ccc1N1CCCCC1. The summed E-state index contributed by atoms with van der Waals surface area (Å²) in [7, 11) is 0. The van der Waals surface area contributed by atoms with Crippen LogP contribution < -0.4 is 4.90 Å². The molecule has 0 N–H and O–H groups in total. The lowest BCUT2D eigenvalue weighted by Gasteiger charge is -2.30. The molecule has 0 radical (unpaired) electrons. The fourth-order valence-electron chi connectivity index (χ4n) is 2.47. The predicted molar refractivity (Wildman–Crippen MR) is 78.4 cm³/mol. The van der Waals surface area contributed by atoms with Crippen LogP contribution in [0.2, 0.25) is 0 Å². The van der Waals surface area contributed by atoms with Gasteiger partial charge in [-0.2, -0.15) is 0 Å². The van der Waals surface area contributed by atoms with Gasteiger partial charge in [0.15, 0.2) is 0 Å². The molecule has 1 aliphatic rings. The van der Waals surface area contributed by atoms with E-state index in [-0.39, 0.29) is 0 Å². The highest BCUT2D eigenvalue weighted by atomic mass is 32.2. The predicted octanol–water partition coefficient (Wildman–Crippen LogP) is 3.36. The van der Waals surface area contributed by atoms with E-state index < -0.39 is 0 Å². The first-order valence-electron chi connectivity index (χ1n) is 6.58. The van der Waals surface area contributed by atoms with Gasteiger partial charge in [0.1, 0.15) is 12.4 Å². The molecular weight excluding hydrogens is 244 g/mol. The van der Waals surface area contributed by atoms with Crippen LogP contribution in [0.3, 0.4) is 0 Å². The Morgan fingerprint density at radius 3 is 2.78 bits per heavy atom. The summed E-state index contributed by atoms with van der Waals surface area (Å²) in [4.78, 5) is 2.50. The first-order valence-corrected chi connectivity index (χ1v) is 7.80. The summed E-state index contributed by atoms with van der Waals surface area (Å²) in [5.41, 5.74) is 0. The molecule has 0 amide bonds. The van der Waals surface area contributed by atoms with Crippen LogP contribution in [0.4, 0.5) is 5.82 Å². The summed E-state index contributed by atoms with van der Waals surface area (Å²) in [5, 5.41) is 1.31. The van der Waals surface area contributed by atoms with Crippen LogP contribution in [0.25, 0.3) is 0 Å². The lowest BCUT2D eigenvalue weighted by atomic mass is 10.1. The molecule has 18 heavy (non-hydrogen) atoms. The van der Waals surface area contributed by atoms with Gasteiger partial charge in [0.25, 0.3) is 0 Å². The molecule has 0 aromatic carbocycles. The number of ether oxygens (including phenoxy) is 1. The van der Waals surface area contributed by atoms with E-state index >= 15 is 0 Å². The van der Waals surface area contributed by atoms with Gasteiger partial charge < -0.3 is 14.2 Å². The smallest absolute Gasteiger partial charge is 0.109 e. The van der Waals surface area contributed by atoms with Gasteiger partial charge in [-0.05, 0) is 37.7 Å². The number of rotatable bonds is 6. The fraction of sp³-hybridized carbons (Fsp3) is 0.571. The lowest BCUT2D eigenvalue weighted by Crippen LogP contribution is -2.31. The van der Waals surface area contributed by atoms with E-state index in [9.17, 15) is 0 Å². The maximum atomic E-state index is 5.26. The first kappa shape index (κ1) is 13.4. The van der Waals surface area contributed by atoms with Gasteiger partial charge in [-0.15, -0.1) is 11.8 Å². The molecule has 1 saturated heterocycles. The van der Waals surface area contributed by atoms with Crippen LogP contribution in [0, 0.1) is 0 Å². The van der Waals surface area contributed by atoms with Crippen molar-refractivity contribution in [2.75, 3.05) is 30.9 Å². The van der Waals surface area contributed by atoms with Crippen molar-refractivity contribution in [3.63, 3.8) is 0 Å². The average molecular weight is 266 g/mol. The maximum Gasteiger partial charge on any atom is 0.109 e. The third-order valence-electron chi connectivity index (χ3n) is 3.36. The Morgan fingerprint density at radius 2 is 2.11 bits per heavy atom.